The number of halogens is 2. The molecule has 0 saturated heterocycles. The highest BCUT2D eigenvalue weighted by molar-refractivity contribution is 9.10. The van der Waals surface area contributed by atoms with Crippen molar-refractivity contribution in [2.75, 3.05) is 6.54 Å². The Bertz CT molecular complexity index is 398. The van der Waals surface area contributed by atoms with Crippen molar-refractivity contribution in [2.24, 2.45) is 0 Å². The molecule has 0 fully saturated rings. The third-order valence-corrected chi connectivity index (χ3v) is 3.45. The van der Waals surface area contributed by atoms with Gasteiger partial charge in [0.15, 0.2) is 0 Å². The minimum Gasteiger partial charge on any atom is -0.310 e. The Morgan fingerprint density at radius 3 is 2.88 bits per heavy atom. The van der Waals surface area contributed by atoms with E-state index in [1.807, 2.05) is 18.2 Å². The Morgan fingerprint density at radius 2 is 2.24 bits per heavy atom. The predicted molar refractivity (Wildman–Crippen MR) is 78.3 cm³/mol. The van der Waals surface area contributed by atoms with Gasteiger partial charge in [-0.3, -0.25) is 0 Å². The number of terminal acetylenes is 1. The molecule has 0 saturated carbocycles. The fraction of sp³-hybridized carbons (Fsp3) is 0.429. The molecule has 0 aromatic heterocycles. The lowest BCUT2D eigenvalue weighted by atomic mass is 10.1. The van der Waals surface area contributed by atoms with Crippen molar-refractivity contribution in [1.29, 1.82) is 0 Å². The molecular formula is C14H17BrClN. The largest absolute Gasteiger partial charge is 0.310 e. The van der Waals surface area contributed by atoms with Crippen LogP contribution in [-0.4, -0.2) is 6.54 Å². The van der Waals surface area contributed by atoms with Gasteiger partial charge in [0.2, 0.25) is 0 Å². The quantitative estimate of drug-likeness (QED) is 0.599. The molecular weight excluding hydrogens is 298 g/mol. The molecule has 3 heteroatoms. The summed E-state index contributed by atoms with van der Waals surface area (Å²) in [5.41, 5.74) is 1.13. The minimum atomic E-state index is 0.265. The highest BCUT2D eigenvalue weighted by Crippen LogP contribution is 2.26. The molecule has 0 aliphatic heterocycles. The van der Waals surface area contributed by atoms with Crippen molar-refractivity contribution in [3.8, 4) is 12.3 Å². The second-order valence-corrected chi connectivity index (χ2v) is 5.33. The van der Waals surface area contributed by atoms with Gasteiger partial charge in [0, 0.05) is 22.0 Å². The van der Waals surface area contributed by atoms with E-state index in [1.165, 1.54) is 0 Å². The molecule has 1 atom stereocenters. The van der Waals surface area contributed by atoms with Crippen LogP contribution in [0.2, 0.25) is 5.02 Å². The second kappa shape index (κ2) is 7.76. The van der Waals surface area contributed by atoms with Crippen LogP contribution in [0.5, 0.6) is 0 Å². The average molecular weight is 315 g/mol. The van der Waals surface area contributed by atoms with E-state index in [2.05, 4.69) is 34.1 Å². The lowest BCUT2D eigenvalue weighted by molar-refractivity contribution is 0.549. The van der Waals surface area contributed by atoms with Crippen molar-refractivity contribution >= 4 is 27.5 Å². The van der Waals surface area contributed by atoms with Crippen LogP contribution in [0, 0.1) is 12.3 Å². The lowest BCUT2D eigenvalue weighted by Gasteiger charge is -2.15. The van der Waals surface area contributed by atoms with E-state index in [1.54, 1.807) is 0 Å². The number of hydrogen-bond donors (Lipinski definition) is 1. The van der Waals surface area contributed by atoms with Crippen molar-refractivity contribution in [3.63, 3.8) is 0 Å². The van der Waals surface area contributed by atoms with Crippen LogP contribution in [0.3, 0.4) is 0 Å². The lowest BCUT2D eigenvalue weighted by Crippen LogP contribution is -2.20. The first-order valence-electron chi connectivity index (χ1n) is 5.77. The van der Waals surface area contributed by atoms with Crippen LogP contribution >= 0.6 is 27.5 Å². The van der Waals surface area contributed by atoms with Gasteiger partial charge in [-0.05, 0) is 44.0 Å². The SMILES string of the molecule is C#CCCCCNC(C)c1ccc(Br)cc1Cl. The molecule has 0 amide bonds. The zero-order chi connectivity index (χ0) is 12.7. The number of benzene rings is 1. The van der Waals surface area contributed by atoms with Crippen LogP contribution in [0.4, 0.5) is 0 Å². The third-order valence-electron chi connectivity index (χ3n) is 2.63. The minimum absolute atomic E-state index is 0.265. The number of unbranched alkanes of at least 4 members (excludes halogenated alkanes) is 2. The third kappa shape index (κ3) is 5.12. The van der Waals surface area contributed by atoms with Gasteiger partial charge in [-0.2, -0.15) is 0 Å². The van der Waals surface area contributed by atoms with Gasteiger partial charge in [0.05, 0.1) is 0 Å². The number of nitrogens with one attached hydrogen (secondary N) is 1. The number of hydrogen-bond acceptors (Lipinski definition) is 1. The fourth-order valence-corrected chi connectivity index (χ4v) is 2.47. The second-order valence-electron chi connectivity index (χ2n) is 4.00. The molecule has 0 radical (unpaired) electrons. The summed E-state index contributed by atoms with van der Waals surface area (Å²) < 4.78 is 1.01. The Balaban J connectivity index is 2.42. The molecule has 0 aliphatic rings. The first kappa shape index (κ1) is 14.6. The van der Waals surface area contributed by atoms with Gasteiger partial charge in [-0.15, -0.1) is 12.3 Å². The van der Waals surface area contributed by atoms with Crippen LogP contribution < -0.4 is 5.32 Å². The molecule has 17 heavy (non-hydrogen) atoms. The molecule has 1 unspecified atom stereocenters. The Hall–Kier alpha value is -0.490. The van der Waals surface area contributed by atoms with E-state index in [9.17, 15) is 0 Å². The molecule has 1 rings (SSSR count). The van der Waals surface area contributed by atoms with Gasteiger partial charge in [-0.25, -0.2) is 0 Å². The zero-order valence-corrected chi connectivity index (χ0v) is 12.3. The number of rotatable bonds is 6. The van der Waals surface area contributed by atoms with Gasteiger partial charge < -0.3 is 5.32 Å². The van der Waals surface area contributed by atoms with Crippen molar-refractivity contribution in [1.82, 2.24) is 5.32 Å². The smallest absolute Gasteiger partial charge is 0.0464 e. The van der Waals surface area contributed by atoms with Crippen LogP contribution in [-0.2, 0) is 0 Å². The van der Waals surface area contributed by atoms with E-state index in [0.29, 0.717) is 0 Å². The van der Waals surface area contributed by atoms with E-state index < -0.39 is 0 Å². The van der Waals surface area contributed by atoms with Crippen LogP contribution in [0.25, 0.3) is 0 Å². The normalized spacial score (nSPS) is 12.1. The van der Waals surface area contributed by atoms with Crippen molar-refractivity contribution < 1.29 is 0 Å². The monoisotopic (exact) mass is 313 g/mol. The molecule has 1 N–H and O–H groups in total. The molecule has 0 bridgehead atoms. The van der Waals surface area contributed by atoms with Gasteiger partial charge in [-0.1, -0.05) is 33.6 Å². The summed E-state index contributed by atoms with van der Waals surface area (Å²) in [6.45, 7) is 3.09. The summed E-state index contributed by atoms with van der Waals surface area (Å²) in [7, 11) is 0. The van der Waals surface area contributed by atoms with Crippen LogP contribution in [0.15, 0.2) is 22.7 Å². The molecule has 0 heterocycles. The fourth-order valence-electron chi connectivity index (χ4n) is 1.63. The van der Waals surface area contributed by atoms with Gasteiger partial charge in [0.1, 0.15) is 0 Å². The zero-order valence-electron chi connectivity index (χ0n) is 9.97. The maximum absolute atomic E-state index is 6.19. The van der Waals surface area contributed by atoms with E-state index in [0.717, 1.165) is 40.9 Å². The average Bonchev–Trinajstić information content (AvgIpc) is 2.28. The van der Waals surface area contributed by atoms with Gasteiger partial charge >= 0.3 is 0 Å². The molecule has 0 spiro atoms. The first-order chi connectivity index (χ1) is 8.15. The summed E-state index contributed by atoms with van der Waals surface area (Å²) in [5.74, 6) is 2.65. The van der Waals surface area contributed by atoms with E-state index >= 15 is 0 Å². The first-order valence-corrected chi connectivity index (χ1v) is 6.94. The Kier molecular flexibility index (Phi) is 6.65. The summed E-state index contributed by atoms with van der Waals surface area (Å²) >= 11 is 9.59. The summed E-state index contributed by atoms with van der Waals surface area (Å²) in [5, 5.41) is 4.24. The maximum Gasteiger partial charge on any atom is 0.0464 e. The molecule has 0 aliphatic carbocycles. The summed E-state index contributed by atoms with van der Waals surface area (Å²) in [4.78, 5) is 0. The highest BCUT2D eigenvalue weighted by atomic mass is 79.9. The molecule has 1 aromatic rings. The van der Waals surface area contributed by atoms with Gasteiger partial charge in [0.25, 0.3) is 0 Å². The summed E-state index contributed by atoms with van der Waals surface area (Å²) in [6, 6.07) is 6.25. The van der Waals surface area contributed by atoms with Crippen LogP contribution in [0.1, 0.15) is 37.8 Å². The Morgan fingerprint density at radius 1 is 1.47 bits per heavy atom. The topological polar surface area (TPSA) is 12.0 Å². The maximum atomic E-state index is 6.19. The highest BCUT2D eigenvalue weighted by Gasteiger charge is 2.08. The van der Waals surface area contributed by atoms with Crippen molar-refractivity contribution in [3.05, 3.63) is 33.3 Å². The molecule has 1 aromatic carbocycles. The van der Waals surface area contributed by atoms with E-state index in [4.69, 9.17) is 18.0 Å². The summed E-state index contributed by atoms with van der Waals surface area (Å²) in [6.07, 6.45) is 8.23. The molecule has 92 valence electrons. The predicted octanol–water partition coefficient (Wildman–Crippen LogP) is 4.56. The Labute approximate surface area is 117 Å². The van der Waals surface area contributed by atoms with Crippen molar-refractivity contribution in [2.45, 2.75) is 32.2 Å². The standard InChI is InChI=1S/C14H17BrClN/c1-3-4-5-6-9-17-11(2)13-8-7-12(15)10-14(13)16/h1,7-8,10-11,17H,4-6,9H2,2H3. The van der Waals surface area contributed by atoms with E-state index in [-0.39, 0.29) is 6.04 Å². The molecule has 1 nitrogen and oxygen atoms in total.